The zero-order valence-corrected chi connectivity index (χ0v) is 18.7. The number of carbonyl (C=O) groups excluding carboxylic acids is 1. The summed E-state index contributed by atoms with van der Waals surface area (Å²) in [6, 6.07) is 8.81. The molecule has 1 fully saturated rings. The van der Waals surface area contributed by atoms with Crippen LogP contribution in [0.1, 0.15) is 18.9 Å². The predicted molar refractivity (Wildman–Crippen MR) is 119 cm³/mol. The molecule has 1 saturated carbocycles. The van der Waals surface area contributed by atoms with E-state index >= 15 is 0 Å². The molecule has 7 nitrogen and oxygen atoms in total. The number of carbonyl (C=O) groups is 1. The number of alkyl halides is 1. The van der Waals surface area contributed by atoms with Gasteiger partial charge in [-0.25, -0.2) is 17.8 Å². The molecule has 164 valence electrons. The van der Waals surface area contributed by atoms with E-state index in [1.807, 2.05) is 36.6 Å². The second kappa shape index (κ2) is 7.64. The first-order valence-electron chi connectivity index (χ1n) is 10.1. The lowest BCUT2D eigenvalue weighted by atomic mass is 10.1. The summed E-state index contributed by atoms with van der Waals surface area (Å²) in [7, 11) is 0.443. The molecular weight excluding hydrogens is 419 g/mol. The lowest BCUT2D eigenvalue weighted by molar-refractivity contribution is -0.117. The van der Waals surface area contributed by atoms with Crippen LogP contribution in [0.2, 0.25) is 0 Å². The Labute approximate surface area is 180 Å². The lowest BCUT2D eigenvalue weighted by Gasteiger charge is -2.23. The van der Waals surface area contributed by atoms with Crippen LogP contribution in [0.15, 0.2) is 41.6 Å². The largest absolute Gasteiger partial charge is 0.344 e. The summed E-state index contributed by atoms with van der Waals surface area (Å²) in [6.45, 7) is 3.48. The molecule has 0 radical (unpaired) electrons. The average Bonchev–Trinajstić information content (AvgIpc) is 3.36. The van der Waals surface area contributed by atoms with Crippen LogP contribution in [-0.4, -0.2) is 42.8 Å². The maximum absolute atomic E-state index is 13.3. The van der Waals surface area contributed by atoms with Crippen LogP contribution in [0, 0.1) is 12.8 Å². The van der Waals surface area contributed by atoms with Crippen LogP contribution >= 0.6 is 0 Å². The number of aryl methyl sites for hydroxylation is 2. The van der Waals surface area contributed by atoms with Crippen molar-refractivity contribution >= 4 is 43.8 Å². The summed E-state index contributed by atoms with van der Waals surface area (Å²) < 4.78 is 39.6. The Hall–Kier alpha value is -2.94. The molecule has 1 N–H and O–H groups in total. The summed E-state index contributed by atoms with van der Waals surface area (Å²) in [6.07, 6.45) is 0.836. The van der Waals surface area contributed by atoms with Gasteiger partial charge in [0.2, 0.25) is 5.91 Å². The van der Waals surface area contributed by atoms with Gasteiger partial charge in [-0.05, 0) is 49.2 Å². The summed E-state index contributed by atoms with van der Waals surface area (Å²) in [5.74, 6) is -0.900. The van der Waals surface area contributed by atoms with Crippen molar-refractivity contribution in [1.82, 2.24) is 9.55 Å². The number of benzene rings is 2. The Bertz CT molecular complexity index is 1290. The number of hydrogen-bond acceptors (Lipinski definition) is 5. The first-order chi connectivity index (χ1) is 14.6. The van der Waals surface area contributed by atoms with E-state index in [2.05, 4.69) is 10.3 Å². The van der Waals surface area contributed by atoms with Crippen LogP contribution in [0.3, 0.4) is 0 Å². The molecule has 0 aliphatic heterocycles. The van der Waals surface area contributed by atoms with Crippen LogP contribution in [0.4, 0.5) is 21.5 Å². The second-order valence-electron chi connectivity index (χ2n) is 7.97. The van der Waals surface area contributed by atoms with Gasteiger partial charge in [-0.2, -0.15) is 0 Å². The number of nitrogens with zero attached hydrogens (tertiary/aromatic N) is 3. The van der Waals surface area contributed by atoms with Crippen LogP contribution in [0.25, 0.3) is 11.0 Å². The van der Waals surface area contributed by atoms with Gasteiger partial charge in [0, 0.05) is 25.5 Å². The normalized spacial score (nSPS) is 18.2. The molecule has 0 saturated heterocycles. The number of amides is 1. The zero-order valence-electron chi connectivity index (χ0n) is 17.9. The van der Waals surface area contributed by atoms with Gasteiger partial charge >= 0.3 is 0 Å². The molecule has 2 atom stereocenters. The van der Waals surface area contributed by atoms with Gasteiger partial charge in [0.25, 0.3) is 0 Å². The summed E-state index contributed by atoms with van der Waals surface area (Å²) in [4.78, 5) is 18.9. The standard InChI is InChI=1S/C22H25FN4O3S/c1-5-31(29,30)15-6-7-19(13(2)8-15)27(4)14-9-18(25-22(28)16-11-17(16)23)21-20(10-14)26(3)12-24-21/h6-10,12,16-17H,5,11H2,1-4H3,(H,25,28). The van der Waals surface area contributed by atoms with Gasteiger partial charge < -0.3 is 14.8 Å². The minimum Gasteiger partial charge on any atom is -0.344 e. The van der Waals surface area contributed by atoms with E-state index < -0.39 is 21.9 Å². The van der Waals surface area contributed by atoms with E-state index in [-0.39, 0.29) is 18.1 Å². The van der Waals surface area contributed by atoms with Crippen molar-refractivity contribution in [2.45, 2.75) is 31.3 Å². The van der Waals surface area contributed by atoms with Gasteiger partial charge in [0.05, 0.1) is 34.1 Å². The van der Waals surface area contributed by atoms with Gasteiger partial charge in [-0.15, -0.1) is 0 Å². The van der Waals surface area contributed by atoms with Crippen molar-refractivity contribution in [3.05, 3.63) is 42.2 Å². The van der Waals surface area contributed by atoms with Crippen molar-refractivity contribution in [2.24, 2.45) is 13.0 Å². The number of rotatable bonds is 6. The molecule has 0 spiro atoms. The highest BCUT2D eigenvalue weighted by atomic mass is 32.2. The highest BCUT2D eigenvalue weighted by Crippen LogP contribution is 2.37. The number of nitrogens with one attached hydrogen (secondary N) is 1. The van der Waals surface area contributed by atoms with Crippen molar-refractivity contribution in [2.75, 3.05) is 23.0 Å². The molecule has 1 heterocycles. The van der Waals surface area contributed by atoms with E-state index in [0.29, 0.717) is 16.1 Å². The van der Waals surface area contributed by atoms with Gasteiger partial charge in [-0.1, -0.05) is 6.92 Å². The molecule has 0 bridgehead atoms. The summed E-state index contributed by atoms with van der Waals surface area (Å²) in [5, 5.41) is 2.83. The fourth-order valence-corrected chi connectivity index (χ4v) is 4.63. The van der Waals surface area contributed by atoms with Crippen molar-refractivity contribution < 1.29 is 17.6 Å². The molecule has 9 heteroatoms. The molecule has 4 rings (SSSR count). The van der Waals surface area contributed by atoms with Crippen molar-refractivity contribution in [3.63, 3.8) is 0 Å². The lowest BCUT2D eigenvalue weighted by Crippen LogP contribution is -2.17. The molecule has 1 amide bonds. The van der Waals surface area contributed by atoms with E-state index in [9.17, 15) is 17.6 Å². The Morgan fingerprint density at radius 3 is 2.65 bits per heavy atom. The molecule has 1 aliphatic rings. The number of sulfone groups is 1. The topological polar surface area (TPSA) is 84.3 Å². The van der Waals surface area contributed by atoms with Crippen molar-refractivity contribution in [3.8, 4) is 0 Å². The minimum atomic E-state index is -3.29. The van der Waals surface area contributed by atoms with E-state index in [1.54, 1.807) is 37.5 Å². The maximum atomic E-state index is 13.3. The van der Waals surface area contributed by atoms with E-state index in [0.717, 1.165) is 22.5 Å². The quantitative estimate of drug-likeness (QED) is 0.626. The van der Waals surface area contributed by atoms with Gasteiger partial charge in [0.15, 0.2) is 9.84 Å². The Morgan fingerprint density at radius 2 is 2.03 bits per heavy atom. The number of imidazole rings is 1. The first-order valence-corrected chi connectivity index (χ1v) is 11.7. The summed E-state index contributed by atoms with van der Waals surface area (Å²) >= 11 is 0. The fraction of sp³-hybridized carbons (Fsp3) is 0.364. The van der Waals surface area contributed by atoms with Crippen LogP contribution < -0.4 is 10.2 Å². The molecule has 31 heavy (non-hydrogen) atoms. The van der Waals surface area contributed by atoms with E-state index in [1.165, 1.54) is 0 Å². The predicted octanol–water partition coefficient (Wildman–Crippen LogP) is 3.74. The summed E-state index contributed by atoms with van der Waals surface area (Å²) in [5.41, 5.74) is 4.39. The third-order valence-corrected chi connectivity index (χ3v) is 7.51. The Kier molecular flexibility index (Phi) is 5.25. The number of fused-ring (bicyclic) bond motifs is 1. The second-order valence-corrected chi connectivity index (χ2v) is 10.3. The Balaban J connectivity index is 1.73. The number of hydrogen-bond donors (Lipinski definition) is 1. The van der Waals surface area contributed by atoms with Gasteiger partial charge in [-0.3, -0.25) is 4.79 Å². The molecule has 1 aliphatic carbocycles. The van der Waals surface area contributed by atoms with Crippen LogP contribution in [0.5, 0.6) is 0 Å². The number of halogens is 1. The third kappa shape index (κ3) is 3.89. The smallest absolute Gasteiger partial charge is 0.230 e. The highest BCUT2D eigenvalue weighted by Gasteiger charge is 2.43. The van der Waals surface area contributed by atoms with Crippen molar-refractivity contribution in [1.29, 1.82) is 0 Å². The SMILES string of the molecule is CCS(=O)(=O)c1ccc(N(C)c2cc(NC(=O)C3CC3F)c3ncn(C)c3c2)c(C)c1. The number of aromatic nitrogens is 2. The molecule has 2 unspecified atom stereocenters. The molecule has 3 aromatic rings. The first kappa shape index (κ1) is 21.3. The number of anilines is 3. The molecule has 2 aromatic carbocycles. The maximum Gasteiger partial charge on any atom is 0.230 e. The molecule has 1 aromatic heterocycles. The average molecular weight is 445 g/mol. The Morgan fingerprint density at radius 1 is 1.32 bits per heavy atom. The highest BCUT2D eigenvalue weighted by molar-refractivity contribution is 7.91. The monoisotopic (exact) mass is 444 g/mol. The third-order valence-electron chi connectivity index (χ3n) is 5.78. The van der Waals surface area contributed by atoms with Gasteiger partial charge in [0.1, 0.15) is 11.7 Å². The van der Waals surface area contributed by atoms with Crippen LogP contribution in [-0.2, 0) is 21.7 Å². The van der Waals surface area contributed by atoms with E-state index in [4.69, 9.17) is 0 Å². The molecular formula is C22H25FN4O3S. The fourth-order valence-electron chi connectivity index (χ4n) is 3.67. The minimum absolute atomic E-state index is 0.0442. The zero-order chi connectivity index (χ0) is 22.5.